The molecule has 12 heteroatoms. The number of urea groups is 1. The second-order valence-electron chi connectivity index (χ2n) is 6.12. The van der Waals surface area contributed by atoms with E-state index in [9.17, 15) is 22.4 Å². The number of benzene rings is 1. The Bertz CT molecular complexity index is 1010. The van der Waals surface area contributed by atoms with Crippen LogP contribution in [0.15, 0.2) is 52.5 Å². The maximum Gasteiger partial charge on any atom is 0.325 e. The van der Waals surface area contributed by atoms with Gasteiger partial charge in [0.05, 0.1) is 29.7 Å². The van der Waals surface area contributed by atoms with Crippen molar-refractivity contribution in [2.24, 2.45) is 0 Å². The highest BCUT2D eigenvalue weighted by molar-refractivity contribution is 7.99. The standard InChI is InChI=1S/C18H19FN4O5S2/c19-14-3-1-2-4-15(14)21-18(25)22-16(24)12-29-17-6-5-13(11-20-17)30(26,27)23-7-9-28-10-8-23/h1-6,11H,7-10,12H2,(H2,21,22,24,25). The second kappa shape index (κ2) is 9.98. The topological polar surface area (TPSA) is 118 Å². The van der Waals surface area contributed by atoms with E-state index in [1.54, 1.807) is 6.07 Å². The Kier molecular flexibility index (Phi) is 7.37. The van der Waals surface area contributed by atoms with Crippen LogP contribution in [0.3, 0.4) is 0 Å². The van der Waals surface area contributed by atoms with E-state index in [1.165, 1.54) is 40.8 Å². The van der Waals surface area contributed by atoms with Crippen molar-refractivity contribution < 1.29 is 27.1 Å². The molecule has 30 heavy (non-hydrogen) atoms. The molecule has 1 aliphatic rings. The van der Waals surface area contributed by atoms with Crippen molar-refractivity contribution in [1.29, 1.82) is 0 Å². The van der Waals surface area contributed by atoms with E-state index in [1.807, 2.05) is 0 Å². The highest BCUT2D eigenvalue weighted by atomic mass is 32.2. The van der Waals surface area contributed by atoms with Gasteiger partial charge in [-0.15, -0.1) is 0 Å². The quantitative estimate of drug-likeness (QED) is 0.638. The lowest BCUT2D eigenvalue weighted by Crippen LogP contribution is -2.40. The molecule has 9 nitrogen and oxygen atoms in total. The van der Waals surface area contributed by atoms with Crippen LogP contribution in [-0.2, 0) is 19.6 Å². The van der Waals surface area contributed by atoms with Crippen molar-refractivity contribution >= 4 is 39.4 Å². The molecule has 1 fully saturated rings. The lowest BCUT2D eigenvalue weighted by Gasteiger charge is -2.25. The third kappa shape index (κ3) is 5.75. The Labute approximate surface area is 177 Å². The van der Waals surface area contributed by atoms with Crippen molar-refractivity contribution in [2.75, 3.05) is 37.4 Å². The van der Waals surface area contributed by atoms with Crippen molar-refractivity contribution in [2.45, 2.75) is 9.92 Å². The SMILES string of the molecule is O=C(CSc1ccc(S(=O)(=O)N2CCOCC2)cn1)NC(=O)Nc1ccccc1F. The van der Waals surface area contributed by atoms with Crippen LogP contribution in [0.4, 0.5) is 14.9 Å². The van der Waals surface area contributed by atoms with Crippen LogP contribution in [0.1, 0.15) is 0 Å². The fourth-order valence-electron chi connectivity index (χ4n) is 2.56. The number of nitrogens with one attached hydrogen (secondary N) is 2. The van der Waals surface area contributed by atoms with Gasteiger partial charge in [0.2, 0.25) is 15.9 Å². The van der Waals surface area contributed by atoms with Crippen LogP contribution in [0.2, 0.25) is 0 Å². The highest BCUT2D eigenvalue weighted by Crippen LogP contribution is 2.20. The lowest BCUT2D eigenvalue weighted by atomic mass is 10.3. The van der Waals surface area contributed by atoms with Crippen LogP contribution in [0.5, 0.6) is 0 Å². The van der Waals surface area contributed by atoms with Gasteiger partial charge >= 0.3 is 6.03 Å². The van der Waals surface area contributed by atoms with Crippen LogP contribution in [0, 0.1) is 5.82 Å². The maximum absolute atomic E-state index is 13.5. The monoisotopic (exact) mass is 454 g/mol. The Balaban J connectivity index is 1.50. The number of carbonyl (C=O) groups is 2. The molecule has 0 aliphatic carbocycles. The number of imide groups is 1. The average molecular weight is 455 g/mol. The lowest BCUT2D eigenvalue weighted by molar-refractivity contribution is -0.117. The van der Waals surface area contributed by atoms with Gasteiger partial charge in [0.1, 0.15) is 10.7 Å². The van der Waals surface area contributed by atoms with Gasteiger partial charge in [0.25, 0.3) is 0 Å². The van der Waals surface area contributed by atoms with Crippen LogP contribution in [-0.4, -0.2) is 61.7 Å². The third-order valence-electron chi connectivity index (χ3n) is 4.04. The van der Waals surface area contributed by atoms with Gasteiger partial charge < -0.3 is 10.1 Å². The largest absolute Gasteiger partial charge is 0.379 e. The highest BCUT2D eigenvalue weighted by Gasteiger charge is 2.26. The molecular formula is C18H19FN4O5S2. The average Bonchev–Trinajstić information content (AvgIpc) is 2.75. The van der Waals surface area contributed by atoms with E-state index in [0.29, 0.717) is 18.2 Å². The molecule has 1 aliphatic heterocycles. The number of rotatable bonds is 6. The zero-order valence-electron chi connectivity index (χ0n) is 15.7. The van der Waals surface area contributed by atoms with E-state index in [4.69, 9.17) is 4.74 Å². The number of para-hydroxylation sites is 1. The number of hydrogen-bond donors (Lipinski definition) is 2. The third-order valence-corrected chi connectivity index (χ3v) is 6.87. The molecule has 160 valence electrons. The van der Waals surface area contributed by atoms with Crippen molar-refractivity contribution in [3.05, 3.63) is 48.4 Å². The minimum absolute atomic E-state index is 0.0471. The Hall–Kier alpha value is -2.54. The van der Waals surface area contributed by atoms with Gasteiger partial charge in [-0.25, -0.2) is 22.6 Å². The molecule has 2 aromatic rings. The summed E-state index contributed by atoms with van der Waals surface area (Å²) in [5.74, 6) is -1.36. The molecule has 3 rings (SSSR count). The molecule has 3 amide bonds. The first kappa shape index (κ1) is 22.2. The van der Waals surface area contributed by atoms with Crippen LogP contribution < -0.4 is 10.6 Å². The number of aromatic nitrogens is 1. The summed E-state index contributed by atoms with van der Waals surface area (Å²) in [6, 6.07) is 7.63. The minimum Gasteiger partial charge on any atom is -0.379 e. The second-order valence-corrected chi connectivity index (χ2v) is 9.05. The molecule has 2 N–H and O–H groups in total. The Morgan fingerprint density at radius 1 is 1.17 bits per heavy atom. The van der Waals surface area contributed by atoms with E-state index in [-0.39, 0.29) is 29.4 Å². The predicted molar refractivity (Wildman–Crippen MR) is 108 cm³/mol. The van der Waals surface area contributed by atoms with E-state index in [2.05, 4.69) is 15.6 Å². The van der Waals surface area contributed by atoms with E-state index in [0.717, 1.165) is 11.8 Å². The first-order valence-corrected chi connectivity index (χ1v) is 11.3. The molecule has 0 atom stereocenters. The molecule has 0 spiro atoms. The zero-order chi connectivity index (χ0) is 21.6. The fraction of sp³-hybridized carbons (Fsp3) is 0.278. The van der Waals surface area contributed by atoms with Gasteiger partial charge in [-0.05, 0) is 24.3 Å². The molecule has 1 aromatic heterocycles. The summed E-state index contributed by atoms with van der Waals surface area (Å²) in [6.07, 6.45) is 1.23. The van der Waals surface area contributed by atoms with Gasteiger partial charge in [0, 0.05) is 19.3 Å². The summed E-state index contributed by atoms with van der Waals surface area (Å²) in [5.41, 5.74) is -0.0471. The van der Waals surface area contributed by atoms with Gasteiger partial charge in [0.15, 0.2) is 0 Å². The summed E-state index contributed by atoms with van der Waals surface area (Å²) >= 11 is 1.03. The van der Waals surface area contributed by atoms with Gasteiger partial charge in [-0.2, -0.15) is 4.31 Å². The summed E-state index contributed by atoms with van der Waals surface area (Å²) in [7, 11) is -3.64. The predicted octanol–water partition coefficient (Wildman–Crippen LogP) is 1.68. The number of nitrogens with zero attached hydrogens (tertiary/aromatic N) is 2. The molecule has 1 aromatic carbocycles. The number of carbonyl (C=O) groups excluding carboxylic acids is 2. The number of hydrogen-bond acceptors (Lipinski definition) is 7. The summed E-state index contributed by atoms with van der Waals surface area (Å²) in [4.78, 5) is 27.8. The first-order chi connectivity index (χ1) is 14.4. The number of thioether (sulfide) groups is 1. The smallest absolute Gasteiger partial charge is 0.325 e. The fourth-order valence-corrected chi connectivity index (χ4v) is 4.56. The van der Waals surface area contributed by atoms with Gasteiger partial charge in [-0.3, -0.25) is 10.1 Å². The number of amides is 3. The molecule has 0 saturated carbocycles. The summed E-state index contributed by atoms with van der Waals surface area (Å²) in [5, 5.41) is 4.75. The summed E-state index contributed by atoms with van der Waals surface area (Å²) in [6.45, 7) is 1.27. The molecular weight excluding hydrogens is 435 g/mol. The van der Waals surface area contributed by atoms with Crippen molar-refractivity contribution in [1.82, 2.24) is 14.6 Å². The maximum atomic E-state index is 13.5. The molecule has 0 radical (unpaired) electrons. The first-order valence-electron chi connectivity index (χ1n) is 8.88. The Morgan fingerprint density at radius 3 is 2.57 bits per heavy atom. The van der Waals surface area contributed by atoms with Crippen LogP contribution in [0.25, 0.3) is 0 Å². The molecule has 0 bridgehead atoms. The molecule has 1 saturated heterocycles. The number of anilines is 1. The number of morpholine rings is 1. The molecule has 0 unspecified atom stereocenters. The van der Waals surface area contributed by atoms with E-state index >= 15 is 0 Å². The number of sulfonamides is 1. The van der Waals surface area contributed by atoms with Crippen molar-refractivity contribution in [3.8, 4) is 0 Å². The zero-order valence-corrected chi connectivity index (χ0v) is 17.3. The summed E-state index contributed by atoms with van der Waals surface area (Å²) < 4.78 is 45.1. The number of ether oxygens (including phenoxy) is 1. The molecule has 2 heterocycles. The number of pyridine rings is 1. The normalized spacial score (nSPS) is 14.8. The minimum atomic E-state index is -3.64. The van der Waals surface area contributed by atoms with Crippen molar-refractivity contribution in [3.63, 3.8) is 0 Å². The van der Waals surface area contributed by atoms with E-state index < -0.39 is 27.8 Å². The number of halogens is 1. The Morgan fingerprint density at radius 2 is 1.90 bits per heavy atom. The van der Waals surface area contributed by atoms with Crippen LogP contribution >= 0.6 is 11.8 Å². The van der Waals surface area contributed by atoms with Gasteiger partial charge in [-0.1, -0.05) is 23.9 Å².